The van der Waals surface area contributed by atoms with E-state index in [1.54, 1.807) is 0 Å². The molecule has 0 N–H and O–H groups in total. The number of hydrogen-bond acceptors (Lipinski definition) is 0. The van der Waals surface area contributed by atoms with Gasteiger partial charge in [0.25, 0.3) is 0 Å². The van der Waals surface area contributed by atoms with Gasteiger partial charge in [0.1, 0.15) is 0 Å². The maximum absolute atomic E-state index is 2.48. The minimum Gasteiger partial charge on any atom is -0.0654 e. The molecule has 3 unspecified atom stereocenters. The van der Waals surface area contributed by atoms with Gasteiger partial charge in [0.05, 0.1) is 0 Å². The zero-order valence-electron chi connectivity index (χ0n) is 13.8. The Labute approximate surface area is 117 Å². The van der Waals surface area contributed by atoms with E-state index >= 15 is 0 Å². The Balaban J connectivity index is 3.93. The molecule has 0 amide bonds. The van der Waals surface area contributed by atoms with Crippen LogP contribution in [-0.2, 0) is 0 Å². The summed E-state index contributed by atoms with van der Waals surface area (Å²) in [5.74, 6) is 2.91. The number of hydrogen-bond donors (Lipinski definition) is 0. The van der Waals surface area contributed by atoms with Crippen molar-refractivity contribution in [2.24, 2.45) is 17.8 Å². The topological polar surface area (TPSA) is 0 Å². The van der Waals surface area contributed by atoms with E-state index in [9.17, 15) is 0 Å². The fraction of sp³-hybridized carbons (Fsp3) is 1.00. The minimum atomic E-state index is 0.942. The molecule has 0 bridgehead atoms. The van der Waals surface area contributed by atoms with Crippen molar-refractivity contribution in [2.45, 2.75) is 98.8 Å². The van der Waals surface area contributed by atoms with Crippen LogP contribution in [-0.4, -0.2) is 0 Å². The number of rotatable bonds is 12. The van der Waals surface area contributed by atoms with Gasteiger partial charge in [-0.25, -0.2) is 0 Å². The van der Waals surface area contributed by atoms with Gasteiger partial charge in [-0.05, 0) is 24.2 Å². The second-order valence-corrected chi connectivity index (χ2v) is 6.32. The fourth-order valence-corrected chi connectivity index (χ4v) is 3.39. The van der Waals surface area contributed by atoms with Gasteiger partial charge in [0.15, 0.2) is 0 Å². The molecule has 0 rings (SSSR count). The number of unbranched alkanes of at least 4 members (excludes halogenated alkanes) is 3. The lowest BCUT2D eigenvalue weighted by atomic mass is 9.78. The molecule has 0 heteroatoms. The summed E-state index contributed by atoms with van der Waals surface area (Å²) in [6, 6.07) is 0. The van der Waals surface area contributed by atoms with E-state index in [-0.39, 0.29) is 0 Å². The Hall–Kier alpha value is 0. The lowest BCUT2D eigenvalue weighted by Gasteiger charge is -2.27. The Kier molecular flexibility index (Phi) is 12.1. The Morgan fingerprint density at radius 3 is 1.83 bits per heavy atom. The van der Waals surface area contributed by atoms with Crippen molar-refractivity contribution >= 4 is 0 Å². The third-order valence-electron chi connectivity index (χ3n) is 4.63. The zero-order chi connectivity index (χ0) is 13.8. The standard InChI is InChI=1S/C18H38/c1-6-10-11-12-14-16(5)15-18(9-4)17(8-3)13-7-2/h16-18H,6-15H2,1-5H3. The lowest BCUT2D eigenvalue weighted by Crippen LogP contribution is -2.16. The quantitative estimate of drug-likeness (QED) is 0.335. The Morgan fingerprint density at radius 2 is 1.33 bits per heavy atom. The highest BCUT2D eigenvalue weighted by atomic mass is 14.2. The summed E-state index contributed by atoms with van der Waals surface area (Å²) in [6.07, 6.45) is 14.2. The minimum absolute atomic E-state index is 0.942. The van der Waals surface area contributed by atoms with Crippen LogP contribution < -0.4 is 0 Å². The molecular formula is C18H38. The van der Waals surface area contributed by atoms with Gasteiger partial charge in [-0.15, -0.1) is 0 Å². The third kappa shape index (κ3) is 8.16. The van der Waals surface area contributed by atoms with Crippen LogP contribution in [0, 0.1) is 17.8 Å². The normalized spacial score (nSPS) is 16.5. The van der Waals surface area contributed by atoms with Crippen LogP contribution in [0.2, 0.25) is 0 Å². The first kappa shape index (κ1) is 18.0. The van der Waals surface area contributed by atoms with Crippen molar-refractivity contribution in [2.75, 3.05) is 0 Å². The van der Waals surface area contributed by atoms with Crippen molar-refractivity contribution in [1.82, 2.24) is 0 Å². The van der Waals surface area contributed by atoms with Gasteiger partial charge in [-0.3, -0.25) is 0 Å². The van der Waals surface area contributed by atoms with Gasteiger partial charge < -0.3 is 0 Å². The SMILES string of the molecule is CCCCCCC(C)CC(CC)C(CC)CCC. The highest BCUT2D eigenvalue weighted by Crippen LogP contribution is 2.31. The molecule has 0 fully saturated rings. The van der Waals surface area contributed by atoms with Crippen LogP contribution in [0.25, 0.3) is 0 Å². The van der Waals surface area contributed by atoms with Crippen LogP contribution >= 0.6 is 0 Å². The average Bonchev–Trinajstić information content (AvgIpc) is 2.38. The molecule has 3 atom stereocenters. The molecule has 0 aliphatic heterocycles. The van der Waals surface area contributed by atoms with Gasteiger partial charge in [-0.2, -0.15) is 0 Å². The molecule has 0 heterocycles. The van der Waals surface area contributed by atoms with Crippen molar-refractivity contribution < 1.29 is 0 Å². The van der Waals surface area contributed by atoms with Crippen molar-refractivity contribution in [1.29, 1.82) is 0 Å². The van der Waals surface area contributed by atoms with Crippen LogP contribution in [0.5, 0.6) is 0 Å². The van der Waals surface area contributed by atoms with Gasteiger partial charge in [-0.1, -0.05) is 92.4 Å². The third-order valence-corrected chi connectivity index (χ3v) is 4.63. The summed E-state index contributed by atoms with van der Waals surface area (Å²) >= 11 is 0. The van der Waals surface area contributed by atoms with E-state index in [1.807, 2.05) is 0 Å². The molecule has 0 aromatic heterocycles. The first-order chi connectivity index (χ1) is 8.69. The Bertz CT molecular complexity index is 161. The fourth-order valence-electron chi connectivity index (χ4n) is 3.39. The van der Waals surface area contributed by atoms with Crippen LogP contribution in [0.3, 0.4) is 0 Å². The summed E-state index contributed by atoms with van der Waals surface area (Å²) in [5.41, 5.74) is 0. The Morgan fingerprint density at radius 1 is 0.667 bits per heavy atom. The molecule has 0 aromatic carbocycles. The zero-order valence-corrected chi connectivity index (χ0v) is 13.8. The highest BCUT2D eigenvalue weighted by molar-refractivity contribution is 4.70. The smallest absolute Gasteiger partial charge is 0.0386 e. The summed E-state index contributed by atoms with van der Waals surface area (Å²) in [5, 5.41) is 0. The first-order valence-corrected chi connectivity index (χ1v) is 8.69. The van der Waals surface area contributed by atoms with E-state index in [4.69, 9.17) is 0 Å². The summed E-state index contributed by atoms with van der Waals surface area (Å²) in [7, 11) is 0. The first-order valence-electron chi connectivity index (χ1n) is 8.69. The average molecular weight is 255 g/mol. The predicted octanol–water partition coefficient (Wildman–Crippen LogP) is 6.84. The van der Waals surface area contributed by atoms with Crippen molar-refractivity contribution in [3.8, 4) is 0 Å². The maximum atomic E-state index is 2.48. The second kappa shape index (κ2) is 12.1. The molecular weight excluding hydrogens is 216 g/mol. The molecule has 0 saturated carbocycles. The summed E-state index contributed by atoms with van der Waals surface area (Å²) < 4.78 is 0. The van der Waals surface area contributed by atoms with Gasteiger partial charge in [0, 0.05) is 0 Å². The van der Waals surface area contributed by atoms with E-state index in [2.05, 4.69) is 34.6 Å². The molecule has 18 heavy (non-hydrogen) atoms. The maximum Gasteiger partial charge on any atom is -0.0386 e. The van der Waals surface area contributed by atoms with Crippen LogP contribution in [0.15, 0.2) is 0 Å². The molecule has 0 spiro atoms. The van der Waals surface area contributed by atoms with Crippen molar-refractivity contribution in [3.63, 3.8) is 0 Å². The van der Waals surface area contributed by atoms with Crippen molar-refractivity contribution in [3.05, 3.63) is 0 Å². The van der Waals surface area contributed by atoms with E-state index in [0.717, 1.165) is 17.8 Å². The predicted molar refractivity (Wildman–Crippen MR) is 85.0 cm³/mol. The molecule has 0 aromatic rings. The molecule has 110 valence electrons. The van der Waals surface area contributed by atoms with E-state index < -0.39 is 0 Å². The highest BCUT2D eigenvalue weighted by Gasteiger charge is 2.19. The molecule has 0 saturated heterocycles. The van der Waals surface area contributed by atoms with Gasteiger partial charge in [0.2, 0.25) is 0 Å². The van der Waals surface area contributed by atoms with Gasteiger partial charge >= 0.3 is 0 Å². The molecule has 0 radical (unpaired) electrons. The summed E-state index contributed by atoms with van der Waals surface area (Å²) in [4.78, 5) is 0. The second-order valence-electron chi connectivity index (χ2n) is 6.32. The van der Waals surface area contributed by atoms with Crippen LogP contribution in [0.4, 0.5) is 0 Å². The molecule has 0 nitrogen and oxygen atoms in total. The van der Waals surface area contributed by atoms with E-state index in [0.29, 0.717) is 0 Å². The molecule has 0 aliphatic carbocycles. The monoisotopic (exact) mass is 254 g/mol. The summed E-state index contributed by atoms with van der Waals surface area (Å²) in [6.45, 7) is 11.9. The van der Waals surface area contributed by atoms with Crippen LogP contribution in [0.1, 0.15) is 98.8 Å². The van der Waals surface area contributed by atoms with E-state index in [1.165, 1.54) is 64.2 Å². The molecule has 0 aliphatic rings. The largest absolute Gasteiger partial charge is 0.0654 e. The lowest BCUT2D eigenvalue weighted by molar-refractivity contribution is 0.237.